The molecule has 0 spiro atoms. The van der Waals surface area contributed by atoms with Crippen LogP contribution in [0.15, 0.2) is 72.8 Å². The number of sulfonamides is 1. The Kier molecular flexibility index (Phi) is 8.94. The number of nitrogens with one attached hydrogen (secondary N) is 2. The summed E-state index contributed by atoms with van der Waals surface area (Å²) in [5.41, 5.74) is 7.77. The molecule has 0 bridgehead atoms. The van der Waals surface area contributed by atoms with Gasteiger partial charge in [-0.3, -0.25) is 19.2 Å². The van der Waals surface area contributed by atoms with E-state index >= 15 is 0 Å². The lowest BCUT2D eigenvalue weighted by atomic mass is 9.91. The molecule has 1 aliphatic heterocycles. The molecule has 200 valence electrons. The monoisotopic (exact) mass is 574 g/mol. The number of carbonyl (C=O) groups excluding carboxylic acids is 2. The predicted octanol–water partition coefficient (Wildman–Crippen LogP) is 4.06. The standard InChI is InChI=1S/C27H28Cl2N4O4S/c28-22-8-4-19(5-9-22)26(20-6-10-23(29)11-7-20)33-15-18(16-33)17-38(36,37)32-24-3-1-2-21(14-24)27(35)31-13-12-25(30)34/h1-11,14,18,26,32H,12-13,15-17H2,(H2,30,34)(H,31,35). The first-order chi connectivity index (χ1) is 18.1. The number of primary amides is 1. The summed E-state index contributed by atoms with van der Waals surface area (Å²) in [6, 6.07) is 21.4. The summed E-state index contributed by atoms with van der Waals surface area (Å²) in [6.07, 6.45) is 0.0212. The van der Waals surface area contributed by atoms with Crippen LogP contribution in [0.2, 0.25) is 10.0 Å². The minimum absolute atomic E-state index is 0.0212. The Morgan fingerprint density at radius 1 is 0.947 bits per heavy atom. The lowest BCUT2D eigenvalue weighted by molar-refractivity contribution is -0.117. The van der Waals surface area contributed by atoms with E-state index in [4.69, 9.17) is 28.9 Å². The number of carbonyl (C=O) groups is 2. The van der Waals surface area contributed by atoms with Crippen LogP contribution < -0.4 is 15.8 Å². The molecule has 0 atom stereocenters. The maximum atomic E-state index is 12.9. The topological polar surface area (TPSA) is 122 Å². The highest BCUT2D eigenvalue weighted by molar-refractivity contribution is 7.92. The van der Waals surface area contributed by atoms with E-state index in [1.807, 2.05) is 48.5 Å². The average Bonchev–Trinajstić information content (AvgIpc) is 2.84. The minimum Gasteiger partial charge on any atom is -0.370 e. The van der Waals surface area contributed by atoms with Crippen molar-refractivity contribution in [1.29, 1.82) is 0 Å². The van der Waals surface area contributed by atoms with Gasteiger partial charge in [0.25, 0.3) is 5.91 Å². The summed E-state index contributed by atoms with van der Waals surface area (Å²) in [6.45, 7) is 1.30. The van der Waals surface area contributed by atoms with Crippen molar-refractivity contribution in [1.82, 2.24) is 10.2 Å². The van der Waals surface area contributed by atoms with Crippen molar-refractivity contribution in [3.63, 3.8) is 0 Å². The number of nitrogens with two attached hydrogens (primary N) is 1. The van der Waals surface area contributed by atoms with E-state index in [0.29, 0.717) is 28.8 Å². The highest BCUT2D eigenvalue weighted by Crippen LogP contribution is 2.35. The molecule has 2 amide bonds. The third-order valence-corrected chi connectivity index (χ3v) is 8.19. The molecule has 8 nitrogen and oxygen atoms in total. The van der Waals surface area contributed by atoms with Gasteiger partial charge in [-0.1, -0.05) is 53.5 Å². The van der Waals surface area contributed by atoms with Crippen molar-refractivity contribution in [2.24, 2.45) is 11.7 Å². The maximum absolute atomic E-state index is 12.9. The van der Waals surface area contributed by atoms with Crippen LogP contribution in [0.25, 0.3) is 0 Å². The zero-order valence-corrected chi connectivity index (χ0v) is 22.8. The number of likely N-dealkylation sites (tertiary alicyclic amines) is 1. The fraction of sp³-hybridized carbons (Fsp3) is 0.259. The quantitative estimate of drug-likeness (QED) is 0.319. The van der Waals surface area contributed by atoms with Gasteiger partial charge in [-0.05, 0) is 53.6 Å². The molecule has 0 unspecified atom stereocenters. The van der Waals surface area contributed by atoms with E-state index in [2.05, 4.69) is 14.9 Å². The number of halogens is 2. The van der Waals surface area contributed by atoms with Crippen LogP contribution in [0, 0.1) is 5.92 Å². The van der Waals surface area contributed by atoms with Crippen LogP contribution in [-0.4, -0.2) is 50.5 Å². The van der Waals surface area contributed by atoms with E-state index in [9.17, 15) is 18.0 Å². The Bertz CT molecular complexity index is 1350. The fourth-order valence-corrected chi connectivity index (χ4v) is 6.14. The Morgan fingerprint density at radius 2 is 1.53 bits per heavy atom. The molecular formula is C27H28Cl2N4O4S. The van der Waals surface area contributed by atoms with Gasteiger partial charge in [-0.2, -0.15) is 0 Å². The molecule has 1 heterocycles. The highest BCUT2D eigenvalue weighted by atomic mass is 35.5. The lowest BCUT2D eigenvalue weighted by Crippen LogP contribution is -2.51. The number of nitrogens with zero attached hydrogens (tertiary/aromatic N) is 1. The molecule has 3 aromatic carbocycles. The fourth-order valence-electron chi connectivity index (χ4n) is 4.49. The Hall–Kier alpha value is -3.11. The summed E-state index contributed by atoms with van der Waals surface area (Å²) < 4.78 is 28.4. The second-order valence-corrected chi connectivity index (χ2v) is 11.9. The third-order valence-electron chi connectivity index (χ3n) is 6.23. The summed E-state index contributed by atoms with van der Waals surface area (Å²) in [7, 11) is -3.66. The third kappa shape index (κ3) is 7.48. The molecule has 1 fully saturated rings. The van der Waals surface area contributed by atoms with E-state index in [0.717, 1.165) is 11.1 Å². The molecule has 0 saturated carbocycles. The molecule has 38 heavy (non-hydrogen) atoms. The first-order valence-electron chi connectivity index (χ1n) is 12.0. The number of anilines is 1. The van der Waals surface area contributed by atoms with Gasteiger partial charge < -0.3 is 11.1 Å². The van der Waals surface area contributed by atoms with Crippen molar-refractivity contribution < 1.29 is 18.0 Å². The van der Waals surface area contributed by atoms with Crippen molar-refractivity contribution in [3.05, 3.63) is 99.5 Å². The Morgan fingerprint density at radius 3 is 2.08 bits per heavy atom. The minimum atomic E-state index is -3.66. The van der Waals surface area contributed by atoms with Crippen LogP contribution >= 0.6 is 23.2 Å². The molecule has 4 N–H and O–H groups in total. The molecule has 1 aliphatic rings. The van der Waals surface area contributed by atoms with Crippen molar-refractivity contribution in [2.45, 2.75) is 12.5 Å². The van der Waals surface area contributed by atoms with Crippen molar-refractivity contribution in [2.75, 3.05) is 30.1 Å². The second-order valence-electron chi connectivity index (χ2n) is 9.26. The van der Waals surface area contributed by atoms with E-state index in [1.54, 1.807) is 18.2 Å². The SMILES string of the molecule is NC(=O)CCNC(=O)c1cccc(NS(=O)(=O)CC2CN(C(c3ccc(Cl)cc3)c3ccc(Cl)cc3)C2)c1. The van der Waals surface area contributed by atoms with Gasteiger partial charge in [0.15, 0.2) is 0 Å². The van der Waals surface area contributed by atoms with Crippen molar-refractivity contribution >= 4 is 50.7 Å². The summed E-state index contributed by atoms with van der Waals surface area (Å²) in [4.78, 5) is 25.4. The first-order valence-corrected chi connectivity index (χ1v) is 14.4. The molecule has 1 saturated heterocycles. The summed E-state index contributed by atoms with van der Waals surface area (Å²) in [5.74, 6) is -1.05. The normalized spacial score (nSPS) is 14.2. The van der Waals surface area contributed by atoms with E-state index in [-0.39, 0.29) is 36.2 Å². The number of hydrogen-bond donors (Lipinski definition) is 3. The predicted molar refractivity (Wildman–Crippen MR) is 150 cm³/mol. The van der Waals surface area contributed by atoms with E-state index in [1.165, 1.54) is 6.07 Å². The van der Waals surface area contributed by atoms with Crippen LogP contribution in [0.1, 0.15) is 33.9 Å². The molecular weight excluding hydrogens is 547 g/mol. The second kappa shape index (κ2) is 12.2. The number of hydrogen-bond acceptors (Lipinski definition) is 5. The van der Waals surface area contributed by atoms with Gasteiger partial charge in [-0.15, -0.1) is 0 Å². The zero-order chi connectivity index (χ0) is 27.3. The molecule has 4 rings (SSSR count). The Balaban J connectivity index is 1.38. The van der Waals surface area contributed by atoms with Gasteiger partial charge in [0.05, 0.1) is 11.8 Å². The maximum Gasteiger partial charge on any atom is 0.251 e. The van der Waals surface area contributed by atoms with Gasteiger partial charge in [0, 0.05) is 53.3 Å². The number of amides is 2. The van der Waals surface area contributed by atoms with Crippen LogP contribution in [0.4, 0.5) is 5.69 Å². The number of benzene rings is 3. The van der Waals surface area contributed by atoms with E-state index < -0.39 is 21.8 Å². The van der Waals surface area contributed by atoms with Gasteiger partial charge in [0.2, 0.25) is 15.9 Å². The largest absolute Gasteiger partial charge is 0.370 e. The Labute approximate surface area is 232 Å². The summed E-state index contributed by atoms with van der Waals surface area (Å²) in [5, 5.41) is 3.88. The van der Waals surface area contributed by atoms with Gasteiger partial charge >= 0.3 is 0 Å². The first kappa shape index (κ1) is 27.9. The average molecular weight is 576 g/mol. The number of rotatable bonds is 11. The molecule has 11 heteroatoms. The van der Waals surface area contributed by atoms with Crippen LogP contribution in [0.3, 0.4) is 0 Å². The van der Waals surface area contributed by atoms with Crippen LogP contribution in [-0.2, 0) is 14.8 Å². The summed E-state index contributed by atoms with van der Waals surface area (Å²) >= 11 is 12.2. The molecule has 3 aromatic rings. The molecule has 0 aromatic heterocycles. The van der Waals surface area contributed by atoms with Crippen molar-refractivity contribution in [3.8, 4) is 0 Å². The highest BCUT2D eigenvalue weighted by Gasteiger charge is 2.36. The van der Waals surface area contributed by atoms with Gasteiger partial charge in [0.1, 0.15) is 0 Å². The zero-order valence-electron chi connectivity index (χ0n) is 20.4. The smallest absolute Gasteiger partial charge is 0.251 e. The molecule has 0 aliphatic carbocycles. The van der Waals surface area contributed by atoms with Crippen LogP contribution in [0.5, 0.6) is 0 Å². The molecule has 0 radical (unpaired) electrons. The van der Waals surface area contributed by atoms with Gasteiger partial charge in [-0.25, -0.2) is 8.42 Å². The lowest BCUT2D eigenvalue weighted by Gasteiger charge is -2.44.